The van der Waals surface area contributed by atoms with Gasteiger partial charge in [-0.15, -0.1) is 11.8 Å². The zero-order valence-electron chi connectivity index (χ0n) is 17.9. The Morgan fingerprint density at radius 2 is 1.94 bits per heavy atom. The summed E-state index contributed by atoms with van der Waals surface area (Å²) in [4.78, 5) is 27.1. The third kappa shape index (κ3) is 3.78. The molecule has 1 aliphatic heterocycles. The van der Waals surface area contributed by atoms with Gasteiger partial charge in [0.2, 0.25) is 0 Å². The molecule has 164 valence electrons. The summed E-state index contributed by atoms with van der Waals surface area (Å²) in [5.41, 5.74) is 2.64. The molecule has 1 unspecified atom stereocenters. The van der Waals surface area contributed by atoms with E-state index >= 15 is 0 Å². The number of esters is 1. The standard InChI is InChI=1S/C24H26ClNO4S/c1-12(2)29-24(28)18-9-16-13(3)31-21-11-20(30-15-5-4-6-15)19(25)10-17(21)22(16)26(23(18)27)14-7-8-14/h9-15H,4-8H2,1-3H3. The van der Waals surface area contributed by atoms with Gasteiger partial charge in [-0.1, -0.05) is 11.6 Å². The van der Waals surface area contributed by atoms with Gasteiger partial charge < -0.3 is 14.0 Å². The van der Waals surface area contributed by atoms with E-state index in [1.165, 1.54) is 6.42 Å². The smallest absolute Gasteiger partial charge is 0.344 e. The average Bonchev–Trinajstić information content (AvgIpc) is 3.49. The van der Waals surface area contributed by atoms with Crippen LogP contribution in [-0.2, 0) is 4.74 Å². The number of ether oxygens (including phenoxy) is 2. The molecule has 7 heteroatoms. The Kier molecular flexibility index (Phi) is 5.33. The van der Waals surface area contributed by atoms with Crippen LogP contribution < -0.4 is 10.3 Å². The van der Waals surface area contributed by atoms with Gasteiger partial charge in [-0.3, -0.25) is 4.79 Å². The second-order valence-corrected chi connectivity index (χ2v) is 10.7. The first-order chi connectivity index (χ1) is 14.8. The van der Waals surface area contributed by atoms with Crippen molar-refractivity contribution in [3.63, 3.8) is 0 Å². The first-order valence-electron chi connectivity index (χ1n) is 11.0. The molecule has 0 N–H and O–H groups in total. The van der Waals surface area contributed by atoms with Crippen molar-refractivity contribution in [1.29, 1.82) is 0 Å². The van der Waals surface area contributed by atoms with Crippen LogP contribution in [0.4, 0.5) is 0 Å². The van der Waals surface area contributed by atoms with Crippen LogP contribution in [0.25, 0.3) is 11.3 Å². The van der Waals surface area contributed by atoms with E-state index in [4.69, 9.17) is 21.1 Å². The number of hydrogen-bond donors (Lipinski definition) is 0. The Bertz CT molecular complexity index is 1120. The minimum atomic E-state index is -0.553. The van der Waals surface area contributed by atoms with Crippen molar-refractivity contribution in [3.8, 4) is 17.0 Å². The summed E-state index contributed by atoms with van der Waals surface area (Å²) in [5, 5.41) is 0.640. The molecule has 2 saturated carbocycles. The predicted molar refractivity (Wildman–Crippen MR) is 123 cm³/mol. The van der Waals surface area contributed by atoms with E-state index in [9.17, 15) is 9.59 Å². The van der Waals surface area contributed by atoms with Crippen LogP contribution in [0.3, 0.4) is 0 Å². The molecule has 31 heavy (non-hydrogen) atoms. The van der Waals surface area contributed by atoms with Crippen molar-refractivity contribution in [1.82, 2.24) is 4.57 Å². The Hall–Kier alpha value is -1.92. The Labute approximate surface area is 191 Å². The topological polar surface area (TPSA) is 57.5 Å². The number of nitrogens with zero attached hydrogens (tertiary/aromatic N) is 1. The molecular weight excluding hydrogens is 434 g/mol. The van der Waals surface area contributed by atoms with Crippen molar-refractivity contribution in [2.24, 2.45) is 0 Å². The van der Waals surface area contributed by atoms with E-state index in [-0.39, 0.29) is 34.6 Å². The van der Waals surface area contributed by atoms with Gasteiger partial charge in [-0.05, 0) is 76.6 Å². The van der Waals surface area contributed by atoms with Crippen molar-refractivity contribution in [3.05, 3.63) is 44.7 Å². The molecule has 1 aromatic carbocycles. The number of benzene rings is 1. The summed E-state index contributed by atoms with van der Waals surface area (Å²) in [6.07, 6.45) is 5.16. The van der Waals surface area contributed by atoms with Crippen molar-refractivity contribution in [2.75, 3.05) is 0 Å². The maximum atomic E-state index is 13.4. The highest BCUT2D eigenvalue weighted by Gasteiger charge is 2.36. The summed E-state index contributed by atoms with van der Waals surface area (Å²) < 4.78 is 13.3. The minimum absolute atomic E-state index is 0.0800. The zero-order chi connectivity index (χ0) is 21.9. The van der Waals surface area contributed by atoms with E-state index in [1.54, 1.807) is 31.7 Å². The third-order valence-electron chi connectivity index (χ3n) is 6.11. The second kappa shape index (κ2) is 7.89. The average molecular weight is 460 g/mol. The lowest BCUT2D eigenvalue weighted by atomic mass is 9.96. The SMILES string of the molecule is CC(C)OC(=O)c1cc2c(n(C3CC3)c1=O)-c1cc(Cl)c(OC3CCC3)cc1SC2C. The lowest BCUT2D eigenvalue weighted by molar-refractivity contribution is 0.0375. The molecule has 5 nitrogen and oxygen atoms in total. The summed E-state index contributed by atoms with van der Waals surface area (Å²) in [6.45, 7) is 5.68. The normalized spacial score (nSPS) is 20.1. The quantitative estimate of drug-likeness (QED) is 0.500. The maximum Gasteiger partial charge on any atom is 0.344 e. The minimum Gasteiger partial charge on any atom is -0.489 e. The number of aromatic nitrogens is 1. The highest BCUT2D eigenvalue weighted by molar-refractivity contribution is 7.99. The van der Waals surface area contributed by atoms with E-state index in [2.05, 4.69) is 6.92 Å². The number of rotatable bonds is 5. The number of carbonyl (C=O) groups excluding carboxylic acids is 1. The number of pyridine rings is 1. The molecule has 5 rings (SSSR count). The molecule has 3 aliphatic rings. The van der Waals surface area contributed by atoms with Crippen LogP contribution in [0.1, 0.15) is 80.1 Å². The maximum absolute atomic E-state index is 13.4. The molecule has 0 amide bonds. The van der Waals surface area contributed by atoms with Crippen LogP contribution >= 0.6 is 23.4 Å². The van der Waals surface area contributed by atoms with Crippen LogP contribution in [0.2, 0.25) is 5.02 Å². The van der Waals surface area contributed by atoms with Gasteiger partial charge in [-0.2, -0.15) is 0 Å². The summed E-state index contributed by atoms with van der Waals surface area (Å²) in [7, 11) is 0. The molecule has 1 atom stereocenters. The lowest BCUT2D eigenvalue weighted by Gasteiger charge is -2.31. The first-order valence-corrected chi connectivity index (χ1v) is 12.3. The van der Waals surface area contributed by atoms with E-state index < -0.39 is 5.97 Å². The highest BCUT2D eigenvalue weighted by atomic mass is 35.5. The number of hydrogen-bond acceptors (Lipinski definition) is 5. The van der Waals surface area contributed by atoms with Crippen LogP contribution in [0.5, 0.6) is 5.75 Å². The van der Waals surface area contributed by atoms with E-state index in [0.717, 1.165) is 47.4 Å². The molecular formula is C24H26ClNO4S. The lowest BCUT2D eigenvalue weighted by Crippen LogP contribution is -2.31. The number of carbonyl (C=O) groups is 1. The number of halogens is 1. The predicted octanol–water partition coefficient (Wildman–Crippen LogP) is 6.17. The van der Waals surface area contributed by atoms with Crippen LogP contribution in [-0.4, -0.2) is 22.7 Å². The van der Waals surface area contributed by atoms with Gasteiger partial charge in [-0.25, -0.2) is 4.79 Å². The molecule has 0 spiro atoms. The monoisotopic (exact) mass is 459 g/mol. The van der Waals surface area contributed by atoms with Gasteiger partial charge in [0.05, 0.1) is 22.9 Å². The fourth-order valence-corrected chi connectivity index (χ4v) is 5.54. The molecule has 2 fully saturated rings. The molecule has 1 aromatic heterocycles. The van der Waals surface area contributed by atoms with Crippen LogP contribution in [0.15, 0.2) is 27.9 Å². The van der Waals surface area contributed by atoms with Gasteiger partial charge in [0, 0.05) is 21.8 Å². The fraction of sp³-hybridized carbons (Fsp3) is 0.500. The third-order valence-corrected chi connectivity index (χ3v) is 7.61. The molecule has 2 aromatic rings. The van der Waals surface area contributed by atoms with Crippen LogP contribution in [0, 0.1) is 0 Å². The van der Waals surface area contributed by atoms with Crippen molar-refractivity contribution >= 4 is 29.3 Å². The number of fused-ring (bicyclic) bond motifs is 3. The molecule has 0 saturated heterocycles. The highest BCUT2D eigenvalue weighted by Crippen LogP contribution is 2.53. The van der Waals surface area contributed by atoms with Gasteiger partial charge in [0.1, 0.15) is 11.3 Å². The molecule has 2 aliphatic carbocycles. The van der Waals surface area contributed by atoms with Gasteiger partial charge in [0.15, 0.2) is 0 Å². The second-order valence-electron chi connectivity index (χ2n) is 8.93. The number of thioether (sulfide) groups is 1. The van der Waals surface area contributed by atoms with Gasteiger partial charge >= 0.3 is 5.97 Å². The Balaban J connectivity index is 1.66. The van der Waals surface area contributed by atoms with Crippen molar-refractivity contribution < 1.29 is 14.3 Å². The summed E-state index contributed by atoms with van der Waals surface area (Å²) in [6, 6.07) is 5.78. The Morgan fingerprint density at radius 1 is 1.19 bits per heavy atom. The summed E-state index contributed by atoms with van der Waals surface area (Å²) in [5.74, 6) is 0.160. The zero-order valence-corrected chi connectivity index (χ0v) is 19.5. The van der Waals surface area contributed by atoms with Gasteiger partial charge in [0.25, 0.3) is 5.56 Å². The van der Waals surface area contributed by atoms with E-state index in [0.29, 0.717) is 10.8 Å². The van der Waals surface area contributed by atoms with Crippen molar-refractivity contribution in [2.45, 2.75) is 81.3 Å². The van der Waals surface area contributed by atoms with E-state index in [1.807, 2.05) is 16.7 Å². The summed E-state index contributed by atoms with van der Waals surface area (Å²) >= 11 is 8.32. The molecule has 0 radical (unpaired) electrons. The molecule has 0 bridgehead atoms. The fourth-order valence-electron chi connectivity index (χ4n) is 4.19. The molecule has 2 heterocycles. The largest absolute Gasteiger partial charge is 0.489 e. The Morgan fingerprint density at radius 3 is 2.55 bits per heavy atom. The first kappa shape index (κ1) is 21.0.